The topological polar surface area (TPSA) is 83.6 Å². The molecule has 6 heteroatoms. The monoisotopic (exact) mass is 280 g/mol. The molecule has 1 aliphatic heterocycles. The summed E-state index contributed by atoms with van der Waals surface area (Å²) in [6.45, 7) is 0.376. The molecule has 5 nitrogen and oxygen atoms in total. The molecule has 3 N–H and O–H groups in total. The second kappa shape index (κ2) is 6.08. The summed E-state index contributed by atoms with van der Waals surface area (Å²) in [4.78, 5) is 24.7. The number of rotatable bonds is 4. The first kappa shape index (κ1) is 13.9. The molecule has 2 rings (SSSR count). The van der Waals surface area contributed by atoms with Gasteiger partial charge in [-0.25, -0.2) is 4.79 Å². The van der Waals surface area contributed by atoms with Crippen LogP contribution < -0.4 is 5.73 Å². The predicted octanol–water partition coefficient (Wildman–Crippen LogP) is 0.674. The number of thioether (sulfide) groups is 1. The summed E-state index contributed by atoms with van der Waals surface area (Å²) in [5.41, 5.74) is 7.43. The lowest BCUT2D eigenvalue weighted by atomic mass is 10.0. The smallest absolute Gasteiger partial charge is 0.327 e. The molecule has 1 saturated heterocycles. The minimum Gasteiger partial charge on any atom is -0.480 e. The molecular formula is C13H16N2O3S. The molecule has 0 radical (unpaired) electrons. The lowest BCUT2D eigenvalue weighted by molar-refractivity contribution is -0.147. The molecular weight excluding hydrogens is 264 g/mol. The van der Waals surface area contributed by atoms with E-state index in [0.29, 0.717) is 18.2 Å². The number of aliphatic carboxylic acids is 1. The van der Waals surface area contributed by atoms with Gasteiger partial charge in [-0.05, 0) is 11.1 Å². The SMILES string of the molecule is NCc1ccccc1CC(=O)N1CSCC1C(=O)O. The number of carbonyl (C=O) groups is 2. The van der Waals surface area contributed by atoms with Gasteiger partial charge in [-0.3, -0.25) is 4.79 Å². The van der Waals surface area contributed by atoms with E-state index in [1.807, 2.05) is 24.3 Å². The fourth-order valence-electron chi connectivity index (χ4n) is 2.09. The van der Waals surface area contributed by atoms with Crippen molar-refractivity contribution in [2.24, 2.45) is 5.73 Å². The lowest BCUT2D eigenvalue weighted by Gasteiger charge is -2.21. The third kappa shape index (κ3) is 3.08. The van der Waals surface area contributed by atoms with Crippen LogP contribution in [-0.4, -0.2) is 39.6 Å². The van der Waals surface area contributed by atoms with Gasteiger partial charge in [0, 0.05) is 12.3 Å². The van der Waals surface area contributed by atoms with Crippen molar-refractivity contribution in [1.29, 1.82) is 0 Å². The molecule has 1 aromatic rings. The number of carboxylic acids is 1. The van der Waals surface area contributed by atoms with Gasteiger partial charge in [0.25, 0.3) is 0 Å². The van der Waals surface area contributed by atoms with Gasteiger partial charge < -0.3 is 15.7 Å². The van der Waals surface area contributed by atoms with Gasteiger partial charge in [0.15, 0.2) is 0 Å². The van der Waals surface area contributed by atoms with E-state index in [2.05, 4.69) is 0 Å². The van der Waals surface area contributed by atoms with Crippen LogP contribution in [0.4, 0.5) is 0 Å². The highest BCUT2D eigenvalue weighted by molar-refractivity contribution is 7.99. The van der Waals surface area contributed by atoms with Gasteiger partial charge in [-0.2, -0.15) is 0 Å². The maximum atomic E-state index is 12.2. The highest BCUT2D eigenvalue weighted by atomic mass is 32.2. The van der Waals surface area contributed by atoms with Gasteiger partial charge in [0.2, 0.25) is 5.91 Å². The van der Waals surface area contributed by atoms with Crippen molar-refractivity contribution in [2.45, 2.75) is 19.0 Å². The third-order valence-corrected chi connectivity index (χ3v) is 4.18. The molecule has 0 saturated carbocycles. The number of carbonyl (C=O) groups excluding carboxylic acids is 1. The first-order chi connectivity index (χ1) is 9.13. The van der Waals surface area contributed by atoms with E-state index in [1.54, 1.807) is 0 Å². The largest absolute Gasteiger partial charge is 0.480 e. The molecule has 0 bridgehead atoms. The zero-order valence-corrected chi connectivity index (χ0v) is 11.2. The minimum absolute atomic E-state index is 0.154. The molecule has 1 fully saturated rings. The Balaban J connectivity index is 2.10. The van der Waals surface area contributed by atoms with Crippen molar-refractivity contribution >= 4 is 23.6 Å². The molecule has 0 spiro atoms. The molecule has 0 aromatic heterocycles. The molecule has 1 heterocycles. The van der Waals surface area contributed by atoms with Gasteiger partial charge in [0.05, 0.1) is 12.3 Å². The van der Waals surface area contributed by atoms with Crippen molar-refractivity contribution in [2.75, 3.05) is 11.6 Å². The second-order valence-corrected chi connectivity index (χ2v) is 5.37. The standard InChI is InChI=1S/C13H16N2O3S/c14-6-10-4-2-1-3-9(10)5-12(16)15-8-19-7-11(15)13(17)18/h1-4,11H,5-8,14H2,(H,17,18). The van der Waals surface area contributed by atoms with Crippen molar-refractivity contribution < 1.29 is 14.7 Å². The van der Waals surface area contributed by atoms with Crippen LogP contribution >= 0.6 is 11.8 Å². The van der Waals surface area contributed by atoms with Crippen LogP contribution in [0.5, 0.6) is 0 Å². The average molecular weight is 280 g/mol. The molecule has 0 aliphatic carbocycles. The first-order valence-electron chi connectivity index (χ1n) is 6.00. The highest BCUT2D eigenvalue weighted by Crippen LogP contribution is 2.22. The Hall–Kier alpha value is -1.53. The highest BCUT2D eigenvalue weighted by Gasteiger charge is 2.34. The summed E-state index contributed by atoms with van der Waals surface area (Å²) in [6.07, 6.45) is 0.206. The van der Waals surface area contributed by atoms with E-state index in [4.69, 9.17) is 10.8 Å². The maximum Gasteiger partial charge on any atom is 0.327 e. The van der Waals surface area contributed by atoms with Crippen LogP contribution in [0.15, 0.2) is 24.3 Å². The lowest BCUT2D eigenvalue weighted by Crippen LogP contribution is -2.42. The summed E-state index contributed by atoms with van der Waals surface area (Å²) in [7, 11) is 0. The number of carboxylic acid groups (broad SMARTS) is 1. The zero-order valence-electron chi connectivity index (χ0n) is 10.4. The molecule has 102 valence electrons. The summed E-state index contributed by atoms with van der Waals surface area (Å²) >= 11 is 1.47. The second-order valence-electron chi connectivity index (χ2n) is 4.37. The molecule has 1 atom stereocenters. The molecule has 19 heavy (non-hydrogen) atoms. The van der Waals surface area contributed by atoms with E-state index in [1.165, 1.54) is 16.7 Å². The van der Waals surface area contributed by atoms with Crippen molar-refractivity contribution in [3.05, 3.63) is 35.4 Å². The van der Waals surface area contributed by atoms with Crippen LogP contribution in [0.1, 0.15) is 11.1 Å². The molecule has 1 unspecified atom stereocenters. The number of nitrogens with zero attached hydrogens (tertiary/aromatic N) is 1. The number of hydrogen-bond acceptors (Lipinski definition) is 4. The molecule has 1 aromatic carbocycles. The van der Waals surface area contributed by atoms with E-state index in [-0.39, 0.29) is 12.3 Å². The van der Waals surface area contributed by atoms with Crippen LogP contribution in [0.3, 0.4) is 0 Å². The van der Waals surface area contributed by atoms with Gasteiger partial charge in [-0.1, -0.05) is 24.3 Å². The Morgan fingerprint density at radius 2 is 2.05 bits per heavy atom. The average Bonchev–Trinajstić information content (AvgIpc) is 2.88. The summed E-state index contributed by atoms with van der Waals surface area (Å²) in [5, 5.41) is 9.07. The van der Waals surface area contributed by atoms with Crippen molar-refractivity contribution in [1.82, 2.24) is 4.90 Å². The number of nitrogens with two attached hydrogens (primary N) is 1. The van der Waals surface area contributed by atoms with Crippen molar-refractivity contribution in [3.63, 3.8) is 0 Å². The fraction of sp³-hybridized carbons (Fsp3) is 0.385. The van der Waals surface area contributed by atoms with Crippen LogP contribution in [0.2, 0.25) is 0 Å². The van der Waals surface area contributed by atoms with E-state index >= 15 is 0 Å². The first-order valence-corrected chi connectivity index (χ1v) is 7.16. The summed E-state index contributed by atoms with van der Waals surface area (Å²) in [5.74, 6) is -0.191. The molecule has 1 amide bonds. The summed E-state index contributed by atoms with van der Waals surface area (Å²) < 4.78 is 0. The Labute approximate surface area is 115 Å². The zero-order chi connectivity index (χ0) is 13.8. The van der Waals surface area contributed by atoms with E-state index in [0.717, 1.165) is 11.1 Å². The normalized spacial score (nSPS) is 18.6. The van der Waals surface area contributed by atoms with Crippen LogP contribution in [-0.2, 0) is 22.6 Å². The van der Waals surface area contributed by atoms with Gasteiger partial charge >= 0.3 is 5.97 Å². The predicted molar refractivity (Wildman–Crippen MR) is 73.6 cm³/mol. The maximum absolute atomic E-state index is 12.2. The van der Waals surface area contributed by atoms with Crippen LogP contribution in [0.25, 0.3) is 0 Å². The van der Waals surface area contributed by atoms with Gasteiger partial charge in [0.1, 0.15) is 6.04 Å². The number of amides is 1. The Kier molecular flexibility index (Phi) is 4.44. The minimum atomic E-state index is -0.939. The number of hydrogen-bond donors (Lipinski definition) is 2. The Morgan fingerprint density at radius 3 is 2.68 bits per heavy atom. The van der Waals surface area contributed by atoms with Gasteiger partial charge in [-0.15, -0.1) is 11.8 Å². The quantitative estimate of drug-likeness (QED) is 0.847. The fourth-order valence-corrected chi connectivity index (χ4v) is 3.26. The summed E-state index contributed by atoms with van der Waals surface area (Å²) in [6, 6.07) is 6.77. The number of benzene rings is 1. The van der Waals surface area contributed by atoms with E-state index < -0.39 is 12.0 Å². The van der Waals surface area contributed by atoms with E-state index in [9.17, 15) is 9.59 Å². The Bertz CT molecular complexity index is 493. The van der Waals surface area contributed by atoms with Crippen LogP contribution in [0, 0.1) is 0 Å². The molecule has 1 aliphatic rings. The Morgan fingerprint density at radius 1 is 1.37 bits per heavy atom. The van der Waals surface area contributed by atoms with Crippen molar-refractivity contribution in [3.8, 4) is 0 Å². The third-order valence-electron chi connectivity index (χ3n) is 3.17.